The van der Waals surface area contributed by atoms with E-state index in [0.717, 1.165) is 42.8 Å². The van der Waals surface area contributed by atoms with E-state index in [0.29, 0.717) is 11.8 Å². The van der Waals surface area contributed by atoms with E-state index >= 15 is 0 Å². The SMILES string of the molecule is CCN(C)N1C2=C(C3CCCCCC31)S(=O)(=O)CCC2. The van der Waals surface area contributed by atoms with Gasteiger partial charge in [-0.3, -0.25) is 0 Å². The largest absolute Gasteiger partial charge is 0.305 e. The maximum Gasteiger partial charge on any atom is 0.176 e. The zero-order valence-electron chi connectivity index (χ0n) is 12.6. The smallest absolute Gasteiger partial charge is 0.176 e. The molecular formula is C15H26N2O2S. The van der Waals surface area contributed by atoms with Crippen LogP contribution in [0, 0.1) is 5.92 Å². The Kier molecular flexibility index (Phi) is 3.84. The number of sulfone groups is 1. The highest BCUT2D eigenvalue weighted by Crippen LogP contribution is 2.47. The van der Waals surface area contributed by atoms with Crippen LogP contribution in [-0.4, -0.2) is 43.8 Å². The molecular weight excluding hydrogens is 272 g/mol. The van der Waals surface area contributed by atoms with Gasteiger partial charge in [-0.25, -0.2) is 13.4 Å². The van der Waals surface area contributed by atoms with Crippen LogP contribution in [0.2, 0.25) is 0 Å². The summed E-state index contributed by atoms with van der Waals surface area (Å²) in [6.45, 7) is 3.07. The summed E-state index contributed by atoms with van der Waals surface area (Å²) in [5.41, 5.74) is 1.12. The molecule has 114 valence electrons. The molecule has 0 aromatic carbocycles. The molecule has 0 bridgehead atoms. The lowest BCUT2D eigenvalue weighted by molar-refractivity contribution is -0.00566. The molecule has 1 saturated carbocycles. The molecule has 4 nitrogen and oxygen atoms in total. The molecule has 0 spiro atoms. The Labute approximate surface area is 122 Å². The normalized spacial score (nSPS) is 33.0. The van der Waals surface area contributed by atoms with Gasteiger partial charge in [-0.05, 0) is 25.7 Å². The van der Waals surface area contributed by atoms with Gasteiger partial charge in [0.2, 0.25) is 0 Å². The minimum absolute atomic E-state index is 0.256. The average molecular weight is 298 g/mol. The van der Waals surface area contributed by atoms with Crippen molar-refractivity contribution in [1.29, 1.82) is 0 Å². The molecule has 0 radical (unpaired) electrons. The minimum Gasteiger partial charge on any atom is -0.305 e. The molecule has 0 N–H and O–H groups in total. The number of nitrogens with zero attached hydrogens (tertiary/aromatic N) is 2. The van der Waals surface area contributed by atoms with Crippen LogP contribution in [0.3, 0.4) is 0 Å². The Morgan fingerprint density at radius 1 is 1.20 bits per heavy atom. The predicted molar refractivity (Wildman–Crippen MR) is 80.6 cm³/mol. The van der Waals surface area contributed by atoms with Crippen LogP contribution in [0.25, 0.3) is 0 Å². The Hall–Kier alpha value is -0.550. The summed E-state index contributed by atoms with van der Waals surface area (Å²) in [5, 5.41) is 4.58. The van der Waals surface area contributed by atoms with Crippen LogP contribution in [0.4, 0.5) is 0 Å². The quantitative estimate of drug-likeness (QED) is 0.785. The van der Waals surface area contributed by atoms with Gasteiger partial charge in [0.25, 0.3) is 0 Å². The van der Waals surface area contributed by atoms with Gasteiger partial charge in [0.1, 0.15) is 0 Å². The maximum absolute atomic E-state index is 12.6. The van der Waals surface area contributed by atoms with E-state index in [1.54, 1.807) is 0 Å². The Morgan fingerprint density at radius 2 is 1.95 bits per heavy atom. The fraction of sp³-hybridized carbons (Fsp3) is 0.867. The third-order valence-corrected chi connectivity index (χ3v) is 7.21. The van der Waals surface area contributed by atoms with Gasteiger partial charge in [-0.2, -0.15) is 0 Å². The van der Waals surface area contributed by atoms with E-state index in [1.807, 2.05) is 0 Å². The maximum atomic E-state index is 12.6. The number of rotatable bonds is 2. The topological polar surface area (TPSA) is 40.6 Å². The van der Waals surface area contributed by atoms with Gasteiger partial charge in [0.05, 0.1) is 16.7 Å². The molecule has 2 unspecified atom stereocenters. The fourth-order valence-corrected chi connectivity index (χ4v) is 6.25. The lowest BCUT2D eigenvalue weighted by Gasteiger charge is -2.38. The summed E-state index contributed by atoms with van der Waals surface area (Å²) < 4.78 is 25.2. The number of hydrogen-bond acceptors (Lipinski definition) is 4. The Bertz CT molecular complexity index is 512. The second-order valence-corrected chi connectivity index (χ2v) is 8.44. The first-order valence-corrected chi connectivity index (χ1v) is 9.67. The third-order valence-electron chi connectivity index (χ3n) is 5.18. The van der Waals surface area contributed by atoms with E-state index < -0.39 is 9.84 Å². The molecule has 0 amide bonds. The van der Waals surface area contributed by atoms with E-state index in [4.69, 9.17) is 0 Å². The van der Waals surface area contributed by atoms with Gasteiger partial charge >= 0.3 is 0 Å². The Morgan fingerprint density at radius 3 is 2.70 bits per heavy atom. The summed E-state index contributed by atoms with van der Waals surface area (Å²) in [6.07, 6.45) is 7.57. The van der Waals surface area contributed by atoms with Crippen LogP contribution in [0.15, 0.2) is 10.6 Å². The van der Waals surface area contributed by atoms with Crippen molar-refractivity contribution in [3.63, 3.8) is 0 Å². The van der Waals surface area contributed by atoms with Gasteiger partial charge in [0.15, 0.2) is 9.84 Å². The molecule has 2 heterocycles. The standard InChI is InChI=1S/C15H26N2O2S/c1-3-16(2)17-13-9-6-4-5-8-12(13)15-14(17)10-7-11-20(15,18)19/h12-13H,3-11H2,1-2H3. The van der Waals surface area contributed by atoms with Crippen molar-refractivity contribution in [3.8, 4) is 0 Å². The molecule has 2 atom stereocenters. The van der Waals surface area contributed by atoms with Crippen molar-refractivity contribution in [2.24, 2.45) is 5.92 Å². The molecule has 0 aromatic heterocycles. The van der Waals surface area contributed by atoms with E-state index in [1.165, 1.54) is 19.3 Å². The molecule has 20 heavy (non-hydrogen) atoms. The van der Waals surface area contributed by atoms with E-state index in [2.05, 4.69) is 24.0 Å². The average Bonchev–Trinajstić information content (AvgIpc) is 2.57. The van der Waals surface area contributed by atoms with Crippen molar-refractivity contribution in [2.75, 3.05) is 19.3 Å². The summed E-state index contributed by atoms with van der Waals surface area (Å²) in [4.78, 5) is 0.816. The summed E-state index contributed by atoms with van der Waals surface area (Å²) in [5.74, 6) is 0.616. The first-order chi connectivity index (χ1) is 9.56. The molecule has 1 aliphatic carbocycles. The summed E-state index contributed by atoms with van der Waals surface area (Å²) in [7, 11) is -0.914. The van der Waals surface area contributed by atoms with Crippen LogP contribution in [0.1, 0.15) is 51.9 Å². The molecule has 0 aromatic rings. The number of fused-ring (bicyclic) bond motifs is 2. The van der Waals surface area contributed by atoms with Crippen molar-refractivity contribution >= 4 is 9.84 Å². The van der Waals surface area contributed by atoms with E-state index in [-0.39, 0.29) is 5.92 Å². The molecule has 1 fully saturated rings. The summed E-state index contributed by atoms with van der Waals surface area (Å²) >= 11 is 0. The highest BCUT2D eigenvalue weighted by atomic mass is 32.2. The first-order valence-electron chi connectivity index (χ1n) is 8.02. The number of hydrogen-bond donors (Lipinski definition) is 0. The predicted octanol–water partition coefficient (Wildman–Crippen LogP) is 2.54. The van der Waals surface area contributed by atoms with Crippen LogP contribution in [-0.2, 0) is 9.84 Å². The molecule has 3 aliphatic rings. The monoisotopic (exact) mass is 298 g/mol. The van der Waals surface area contributed by atoms with Crippen molar-refractivity contribution in [3.05, 3.63) is 10.6 Å². The molecule has 2 aliphatic heterocycles. The highest BCUT2D eigenvalue weighted by molar-refractivity contribution is 7.95. The van der Waals surface area contributed by atoms with Crippen LogP contribution in [0.5, 0.6) is 0 Å². The van der Waals surface area contributed by atoms with E-state index in [9.17, 15) is 8.42 Å². The second kappa shape index (κ2) is 5.34. The minimum atomic E-state index is -3.01. The molecule has 5 heteroatoms. The molecule has 3 rings (SSSR count). The van der Waals surface area contributed by atoms with Crippen molar-refractivity contribution < 1.29 is 8.42 Å². The van der Waals surface area contributed by atoms with Crippen LogP contribution >= 0.6 is 0 Å². The van der Waals surface area contributed by atoms with Gasteiger partial charge in [0, 0.05) is 25.2 Å². The van der Waals surface area contributed by atoms with Crippen molar-refractivity contribution in [2.45, 2.75) is 57.9 Å². The van der Waals surface area contributed by atoms with Crippen molar-refractivity contribution in [1.82, 2.24) is 10.0 Å². The van der Waals surface area contributed by atoms with Crippen LogP contribution < -0.4 is 0 Å². The lowest BCUT2D eigenvalue weighted by Crippen LogP contribution is -2.44. The number of hydrazine groups is 1. The highest BCUT2D eigenvalue weighted by Gasteiger charge is 2.48. The molecule has 0 saturated heterocycles. The van der Waals surface area contributed by atoms with Gasteiger partial charge in [-0.1, -0.05) is 26.2 Å². The first kappa shape index (κ1) is 14.4. The third kappa shape index (κ3) is 2.19. The summed E-state index contributed by atoms with van der Waals surface area (Å²) in [6, 6.07) is 0.389. The zero-order chi connectivity index (χ0) is 14.3. The second-order valence-electron chi connectivity index (χ2n) is 6.36. The Balaban J connectivity index is 2.07. The van der Waals surface area contributed by atoms with Gasteiger partial charge < -0.3 is 5.01 Å². The fourth-order valence-electron chi connectivity index (χ4n) is 4.21. The van der Waals surface area contributed by atoms with Gasteiger partial charge in [-0.15, -0.1) is 0 Å². The zero-order valence-corrected chi connectivity index (χ0v) is 13.5. The lowest BCUT2D eigenvalue weighted by atomic mass is 9.97. The number of allylic oxidation sites excluding steroid dienone is 1.